The number of hydrogen-bond donors (Lipinski definition) is 1. The summed E-state index contributed by atoms with van der Waals surface area (Å²) in [6.45, 7) is 3.59. The van der Waals surface area contributed by atoms with Crippen LogP contribution in [0.15, 0.2) is 24.3 Å². The minimum absolute atomic E-state index is 0.123. The summed E-state index contributed by atoms with van der Waals surface area (Å²) in [5, 5.41) is 11.0. The molecule has 1 heterocycles. The standard InChI is InChI=1S/C13H14N4O3/c1-3-11-15-12(14)8(2)13(16-11)20-10-7-5-4-6-9(10)17(18)19/h4-7H,3H2,1-2H3,(H2,14,15,16). The maximum absolute atomic E-state index is 11.0. The van der Waals surface area contributed by atoms with Crippen molar-refractivity contribution in [2.24, 2.45) is 0 Å². The minimum Gasteiger partial charge on any atom is -0.431 e. The number of para-hydroxylation sites is 2. The molecule has 1 aromatic carbocycles. The zero-order chi connectivity index (χ0) is 14.7. The average Bonchev–Trinajstić information content (AvgIpc) is 2.44. The van der Waals surface area contributed by atoms with Crippen molar-refractivity contribution in [1.82, 2.24) is 9.97 Å². The largest absolute Gasteiger partial charge is 0.431 e. The van der Waals surface area contributed by atoms with Crippen molar-refractivity contribution in [3.05, 3.63) is 45.8 Å². The van der Waals surface area contributed by atoms with Crippen molar-refractivity contribution in [1.29, 1.82) is 0 Å². The van der Waals surface area contributed by atoms with Gasteiger partial charge < -0.3 is 10.5 Å². The Labute approximate surface area is 115 Å². The molecule has 7 nitrogen and oxygen atoms in total. The molecule has 1 aromatic heterocycles. The molecule has 2 rings (SSSR count). The van der Waals surface area contributed by atoms with Crippen molar-refractivity contribution in [3.8, 4) is 11.6 Å². The molecule has 20 heavy (non-hydrogen) atoms. The molecule has 0 aliphatic rings. The zero-order valence-electron chi connectivity index (χ0n) is 11.2. The van der Waals surface area contributed by atoms with Crippen LogP contribution in [0.5, 0.6) is 11.6 Å². The number of nitrogens with zero attached hydrogens (tertiary/aromatic N) is 3. The molecular weight excluding hydrogens is 260 g/mol. The van der Waals surface area contributed by atoms with E-state index in [9.17, 15) is 10.1 Å². The van der Waals surface area contributed by atoms with Gasteiger partial charge in [0.25, 0.3) is 0 Å². The van der Waals surface area contributed by atoms with Crippen LogP contribution in [-0.2, 0) is 6.42 Å². The Morgan fingerprint density at radius 2 is 2.05 bits per heavy atom. The van der Waals surface area contributed by atoms with Gasteiger partial charge in [0.05, 0.1) is 10.5 Å². The fourth-order valence-electron chi connectivity index (χ4n) is 1.61. The fraction of sp³-hybridized carbons (Fsp3) is 0.231. The van der Waals surface area contributed by atoms with Crippen LogP contribution in [0.3, 0.4) is 0 Å². The topological polar surface area (TPSA) is 104 Å². The van der Waals surface area contributed by atoms with Crippen molar-refractivity contribution in [2.45, 2.75) is 20.3 Å². The van der Waals surface area contributed by atoms with Gasteiger partial charge in [-0.2, -0.15) is 4.98 Å². The summed E-state index contributed by atoms with van der Waals surface area (Å²) >= 11 is 0. The second kappa shape index (κ2) is 5.52. The van der Waals surface area contributed by atoms with Crippen LogP contribution >= 0.6 is 0 Å². The summed E-state index contributed by atoms with van der Waals surface area (Å²) in [6.07, 6.45) is 0.595. The highest BCUT2D eigenvalue weighted by molar-refractivity contribution is 5.51. The Balaban J connectivity index is 2.45. The first-order valence-corrected chi connectivity index (χ1v) is 6.07. The van der Waals surface area contributed by atoms with Crippen molar-refractivity contribution in [2.75, 3.05) is 5.73 Å². The van der Waals surface area contributed by atoms with E-state index in [1.807, 2.05) is 6.92 Å². The number of benzene rings is 1. The summed E-state index contributed by atoms with van der Waals surface area (Å²) < 4.78 is 5.55. The third kappa shape index (κ3) is 2.66. The minimum atomic E-state index is -0.504. The molecule has 0 fully saturated rings. The van der Waals surface area contributed by atoms with Crippen molar-refractivity contribution >= 4 is 11.5 Å². The lowest BCUT2D eigenvalue weighted by molar-refractivity contribution is -0.385. The Kier molecular flexibility index (Phi) is 3.79. The van der Waals surface area contributed by atoms with Crippen LogP contribution in [0.1, 0.15) is 18.3 Å². The highest BCUT2D eigenvalue weighted by atomic mass is 16.6. The SMILES string of the molecule is CCc1nc(N)c(C)c(Oc2ccccc2[N+](=O)[O-])n1. The number of aromatic nitrogens is 2. The van der Waals surface area contributed by atoms with Crippen LogP contribution in [0.25, 0.3) is 0 Å². The van der Waals surface area contributed by atoms with Crippen molar-refractivity contribution < 1.29 is 9.66 Å². The Bertz CT molecular complexity index is 658. The zero-order valence-corrected chi connectivity index (χ0v) is 11.2. The molecule has 0 aliphatic heterocycles. The Morgan fingerprint density at radius 1 is 1.35 bits per heavy atom. The molecule has 0 radical (unpaired) electrons. The second-order valence-electron chi connectivity index (χ2n) is 4.14. The van der Waals surface area contributed by atoms with E-state index in [1.54, 1.807) is 19.1 Å². The quantitative estimate of drug-likeness (QED) is 0.678. The van der Waals surface area contributed by atoms with Crippen LogP contribution in [0.2, 0.25) is 0 Å². The normalized spacial score (nSPS) is 10.3. The number of nitro groups is 1. The molecule has 7 heteroatoms. The summed E-state index contributed by atoms with van der Waals surface area (Å²) in [5.74, 6) is 1.21. The molecule has 0 unspecified atom stereocenters. The third-order valence-electron chi connectivity index (χ3n) is 2.77. The molecule has 2 N–H and O–H groups in total. The van der Waals surface area contributed by atoms with Gasteiger partial charge in [-0.05, 0) is 13.0 Å². The van der Waals surface area contributed by atoms with Crippen LogP contribution in [-0.4, -0.2) is 14.9 Å². The average molecular weight is 274 g/mol. The van der Waals surface area contributed by atoms with Gasteiger partial charge in [-0.25, -0.2) is 4.98 Å². The van der Waals surface area contributed by atoms with E-state index in [0.29, 0.717) is 23.6 Å². The molecule has 0 saturated heterocycles. The van der Waals surface area contributed by atoms with E-state index in [4.69, 9.17) is 10.5 Å². The van der Waals surface area contributed by atoms with Gasteiger partial charge in [-0.3, -0.25) is 10.1 Å². The number of rotatable bonds is 4. The number of aryl methyl sites for hydroxylation is 1. The number of hydrogen-bond acceptors (Lipinski definition) is 6. The first-order valence-electron chi connectivity index (χ1n) is 6.07. The van der Waals surface area contributed by atoms with Gasteiger partial charge in [0, 0.05) is 12.5 Å². The predicted molar refractivity (Wildman–Crippen MR) is 73.7 cm³/mol. The van der Waals surface area contributed by atoms with Crippen molar-refractivity contribution in [3.63, 3.8) is 0 Å². The smallest absolute Gasteiger partial charge is 0.311 e. The van der Waals surface area contributed by atoms with E-state index in [2.05, 4.69) is 9.97 Å². The number of nitro benzene ring substituents is 1. The van der Waals surface area contributed by atoms with E-state index < -0.39 is 4.92 Å². The second-order valence-corrected chi connectivity index (χ2v) is 4.14. The molecule has 104 valence electrons. The summed E-state index contributed by atoms with van der Waals surface area (Å²) in [7, 11) is 0. The molecule has 2 aromatic rings. The van der Waals surface area contributed by atoms with Gasteiger partial charge in [0.1, 0.15) is 11.6 Å². The van der Waals surface area contributed by atoms with Gasteiger partial charge in [0.2, 0.25) is 11.6 Å². The van der Waals surface area contributed by atoms with Gasteiger partial charge >= 0.3 is 5.69 Å². The van der Waals surface area contributed by atoms with E-state index in [0.717, 1.165) is 0 Å². The summed E-state index contributed by atoms with van der Waals surface area (Å²) in [6, 6.07) is 6.12. The van der Waals surface area contributed by atoms with E-state index in [1.165, 1.54) is 12.1 Å². The van der Waals surface area contributed by atoms with Crippen LogP contribution in [0, 0.1) is 17.0 Å². The number of nitrogens with two attached hydrogens (primary N) is 1. The fourth-order valence-corrected chi connectivity index (χ4v) is 1.61. The molecule has 0 saturated carbocycles. The number of anilines is 1. The predicted octanol–water partition coefficient (Wildman–Crippen LogP) is 2.63. The number of nitrogen functional groups attached to an aromatic ring is 1. The maximum Gasteiger partial charge on any atom is 0.311 e. The molecule has 0 aliphatic carbocycles. The molecule has 0 amide bonds. The Morgan fingerprint density at radius 3 is 2.70 bits per heavy atom. The maximum atomic E-state index is 11.0. The highest BCUT2D eigenvalue weighted by Crippen LogP contribution is 2.32. The van der Waals surface area contributed by atoms with E-state index >= 15 is 0 Å². The Hall–Kier alpha value is -2.70. The highest BCUT2D eigenvalue weighted by Gasteiger charge is 2.17. The monoisotopic (exact) mass is 274 g/mol. The molecule has 0 atom stereocenters. The first kappa shape index (κ1) is 13.7. The van der Waals surface area contributed by atoms with Crippen LogP contribution in [0.4, 0.5) is 11.5 Å². The summed E-state index contributed by atoms with van der Waals surface area (Å²) in [4.78, 5) is 18.8. The summed E-state index contributed by atoms with van der Waals surface area (Å²) in [5.41, 5.74) is 6.22. The lowest BCUT2D eigenvalue weighted by Gasteiger charge is -2.10. The van der Waals surface area contributed by atoms with Gasteiger partial charge in [-0.1, -0.05) is 19.1 Å². The molecule has 0 bridgehead atoms. The van der Waals surface area contributed by atoms with Gasteiger partial charge in [-0.15, -0.1) is 0 Å². The lowest BCUT2D eigenvalue weighted by Crippen LogP contribution is -2.05. The molecule has 0 spiro atoms. The van der Waals surface area contributed by atoms with E-state index in [-0.39, 0.29) is 17.3 Å². The first-order chi connectivity index (χ1) is 9.52. The third-order valence-corrected chi connectivity index (χ3v) is 2.77. The van der Waals surface area contributed by atoms with Crippen LogP contribution < -0.4 is 10.5 Å². The molecular formula is C13H14N4O3. The van der Waals surface area contributed by atoms with Gasteiger partial charge in [0.15, 0.2) is 0 Å². The lowest BCUT2D eigenvalue weighted by atomic mass is 10.3. The number of ether oxygens (including phenoxy) is 1.